The van der Waals surface area contributed by atoms with E-state index in [1.54, 1.807) is 0 Å². The van der Waals surface area contributed by atoms with Crippen molar-refractivity contribution in [3.63, 3.8) is 0 Å². The van der Waals surface area contributed by atoms with Gasteiger partial charge in [0.15, 0.2) is 5.11 Å². The highest BCUT2D eigenvalue weighted by Crippen LogP contribution is 2.24. The Labute approximate surface area is 160 Å². The zero-order chi connectivity index (χ0) is 18.7. The summed E-state index contributed by atoms with van der Waals surface area (Å²) in [5, 5.41) is 4.16. The van der Waals surface area contributed by atoms with Gasteiger partial charge in [-0.1, -0.05) is 31.9 Å². The Hall–Kier alpha value is -1.25. The van der Waals surface area contributed by atoms with E-state index in [9.17, 15) is 12.8 Å². The Morgan fingerprint density at radius 2 is 1.81 bits per heavy atom. The molecule has 144 valence electrons. The molecule has 0 aromatic heterocycles. The molecule has 2 unspecified atom stereocenters. The first-order chi connectivity index (χ1) is 12.4. The molecule has 3 rings (SSSR count). The number of hydrogen-bond donors (Lipinski definition) is 1. The molecule has 0 radical (unpaired) electrons. The molecule has 2 atom stereocenters. The van der Waals surface area contributed by atoms with Crippen LogP contribution in [0.1, 0.15) is 32.6 Å². The number of nitrogens with zero attached hydrogens (tertiary/aromatic N) is 2. The van der Waals surface area contributed by atoms with Crippen LogP contribution in [0.3, 0.4) is 0 Å². The van der Waals surface area contributed by atoms with Crippen LogP contribution in [0, 0.1) is 11.7 Å². The number of rotatable bonds is 3. The molecule has 1 aromatic rings. The summed E-state index contributed by atoms with van der Waals surface area (Å²) in [4.78, 5) is 1.76. The van der Waals surface area contributed by atoms with Crippen molar-refractivity contribution >= 4 is 27.4 Å². The molecule has 0 spiro atoms. The van der Waals surface area contributed by atoms with Gasteiger partial charge in [-0.15, -0.1) is 0 Å². The van der Waals surface area contributed by atoms with Crippen molar-refractivity contribution in [2.75, 3.05) is 26.2 Å². The third kappa shape index (κ3) is 4.18. The van der Waals surface area contributed by atoms with E-state index in [1.165, 1.54) is 47.8 Å². The van der Waals surface area contributed by atoms with Crippen molar-refractivity contribution in [2.24, 2.45) is 5.92 Å². The minimum atomic E-state index is -3.81. The van der Waals surface area contributed by atoms with E-state index in [2.05, 4.69) is 12.2 Å². The molecule has 1 aliphatic carbocycles. The molecule has 1 N–H and O–H groups in total. The van der Waals surface area contributed by atoms with Crippen LogP contribution in [0.25, 0.3) is 0 Å². The zero-order valence-corrected chi connectivity index (χ0v) is 16.7. The van der Waals surface area contributed by atoms with Gasteiger partial charge in [0.2, 0.25) is 10.0 Å². The van der Waals surface area contributed by atoms with E-state index in [-0.39, 0.29) is 4.90 Å². The molecule has 0 bridgehead atoms. The maximum atomic E-state index is 13.9. The lowest BCUT2D eigenvalue weighted by Crippen LogP contribution is -2.55. The van der Waals surface area contributed by atoms with Gasteiger partial charge in [0, 0.05) is 32.2 Å². The number of benzene rings is 1. The summed E-state index contributed by atoms with van der Waals surface area (Å²) in [6.45, 7) is 3.89. The second-order valence-electron chi connectivity index (χ2n) is 7.14. The molecular formula is C18H26FN3O2S2. The van der Waals surface area contributed by atoms with Gasteiger partial charge >= 0.3 is 0 Å². The number of nitrogens with one attached hydrogen (secondary N) is 1. The highest BCUT2D eigenvalue weighted by molar-refractivity contribution is 7.89. The van der Waals surface area contributed by atoms with Crippen LogP contribution >= 0.6 is 12.2 Å². The van der Waals surface area contributed by atoms with Crippen molar-refractivity contribution in [3.8, 4) is 0 Å². The number of thiocarbonyl (C=S) groups is 1. The lowest BCUT2D eigenvalue weighted by atomic mass is 9.86. The molecule has 8 heteroatoms. The SMILES string of the molecule is CC1CCCCC1NC(=S)N1CCN(S(=O)(=O)c2ccccc2F)CC1. The molecule has 0 amide bonds. The number of hydrogen-bond acceptors (Lipinski definition) is 3. The standard InChI is InChI=1S/C18H26FN3O2S2/c1-14-6-2-4-8-16(14)20-18(25)21-10-12-22(13-11-21)26(23,24)17-9-5-3-7-15(17)19/h3,5,7,9,14,16H,2,4,6,8,10-13H2,1H3,(H,20,25). The third-order valence-corrected chi connectivity index (χ3v) is 7.71. The fourth-order valence-corrected chi connectivity index (χ4v) is 5.53. The first kappa shape index (κ1) is 19.5. The summed E-state index contributed by atoms with van der Waals surface area (Å²) in [5.74, 6) is -0.108. The summed E-state index contributed by atoms with van der Waals surface area (Å²) in [6.07, 6.45) is 4.84. The van der Waals surface area contributed by atoms with Crippen molar-refractivity contribution in [3.05, 3.63) is 30.1 Å². The van der Waals surface area contributed by atoms with Gasteiger partial charge in [0.1, 0.15) is 10.7 Å². The zero-order valence-electron chi connectivity index (χ0n) is 15.0. The van der Waals surface area contributed by atoms with Gasteiger partial charge in [0.25, 0.3) is 0 Å². The Bertz CT molecular complexity index is 749. The van der Waals surface area contributed by atoms with E-state index < -0.39 is 15.8 Å². The third-order valence-electron chi connectivity index (χ3n) is 5.40. The van der Waals surface area contributed by atoms with Gasteiger partial charge in [-0.3, -0.25) is 0 Å². The minimum absolute atomic E-state index is 0.259. The van der Waals surface area contributed by atoms with Crippen LogP contribution in [0.2, 0.25) is 0 Å². The van der Waals surface area contributed by atoms with Crippen molar-refractivity contribution < 1.29 is 12.8 Å². The smallest absolute Gasteiger partial charge is 0.246 e. The predicted octanol–water partition coefficient (Wildman–Crippen LogP) is 2.59. The largest absolute Gasteiger partial charge is 0.360 e. The maximum absolute atomic E-state index is 13.9. The predicted molar refractivity (Wildman–Crippen MR) is 104 cm³/mol. The second-order valence-corrected chi connectivity index (χ2v) is 9.43. The fraction of sp³-hybridized carbons (Fsp3) is 0.611. The topological polar surface area (TPSA) is 52.6 Å². The van der Waals surface area contributed by atoms with Crippen LogP contribution in [0.4, 0.5) is 4.39 Å². The summed E-state index contributed by atoms with van der Waals surface area (Å²) < 4.78 is 40.6. The Morgan fingerprint density at radius 3 is 2.46 bits per heavy atom. The van der Waals surface area contributed by atoms with Crippen LogP contribution < -0.4 is 5.32 Å². The minimum Gasteiger partial charge on any atom is -0.360 e. The molecule has 1 saturated carbocycles. The molecule has 26 heavy (non-hydrogen) atoms. The Morgan fingerprint density at radius 1 is 1.15 bits per heavy atom. The monoisotopic (exact) mass is 399 g/mol. The molecule has 1 aliphatic heterocycles. The van der Waals surface area contributed by atoms with Crippen LogP contribution in [-0.2, 0) is 10.0 Å². The van der Waals surface area contributed by atoms with Gasteiger partial charge < -0.3 is 10.2 Å². The Balaban J connectivity index is 1.58. The van der Waals surface area contributed by atoms with Gasteiger partial charge in [-0.25, -0.2) is 12.8 Å². The number of sulfonamides is 1. The van der Waals surface area contributed by atoms with E-state index in [0.717, 1.165) is 6.42 Å². The van der Waals surface area contributed by atoms with Crippen molar-refractivity contribution in [1.82, 2.24) is 14.5 Å². The lowest BCUT2D eigenvalue weighted by Gasteiger charge is -2.38. The molecular weight excluding hydrogens is 373 g/mol. The highest BCUT2D eigenvalue weighted by Gasteiger charge is 2.31. The lowest BCUT2D eigenvalue weighted by molar-refractivity contribution is 0.251. The van der Waals surface area contributed by atoms with Crippen molar-refractivity contribution in [1.29, 1.82) is 0 Å². The summed E-state index contributed by atoms with van der Waals surface area (Å²) >= 11 is 5.54. The Kier molecular flexibility index (Phi) is 6.14. The first-order valence-corrected chi connectivity index (χ1v) is 11.0. The van der Waals surface area contributed by atoms with E-state index in [4.69, 9.17) is 12.2 Å². The molecule has 1 heterocycles. The second kappa shape index (κ2) is 8.19. The average Bonchev–Trinajstić information content (AvgIpc) is 2.64. The molecule has 5 nitrogen and oxygen atoms in total. The van der Waals surface area contributed by atoms with Gasteiger partial charge in [0.05, 0.1) is 0 Å². The van der Waals surface area contributed by atoms with E-state index >= 15 is 0 Å². The normalized spacial score (nSPS) is 25.1. The molecule has 2 aliphatic rings. The van der Waals surface area contributed by atoms with Gasteiger partial charge in [-0.05, 0) is 43.1 Å². The van der Waals surface area contributed by atoms with Crippen LogP contribution in [0.5, 0.6) is 0 Å². The average molecular weight is 400 g/mol. The molecule has 1 saturated heterocycles. The fourth-order valence-electron chi connectivity index (χ4n) is 3.71. The van der Waals surface area contributed by atoms with E-state index in [1.807, 2.05) is 4.90 Å². The summed E-state index contributed by atoms with van der Waals surface area (Å²) in [6, 6.07) is 5.91. The summed E-state index contributed by atoms with van der Waals surface area (Å²) in [5.41, 5.74) is 0. The number of halogens is 1. The molecule has 2 fully saturated rings. The van der Waals surface area contributed by atoms with Crippen LogP contribution in [-0.4, -0.2) is 55.0 Å². The molecule has 1 aromatic carbocycles. The number of piperazine rings is 1. The van der Waals surface area contributed by atoms with Gasteiger partial charge in [-0.2, -0.15) is 4.31 Å². The van der Waals surface area contributed by atoms with E-state index in [0.29, 0.717) is 43.3 Å². The first-order valence-electron chi connectivity index (χ1n) is 9.19. The van der Waals surface area contributed by atoms with Crippen molar-refractivity contribution in [2.45, 2.75) is 43.5 Å². The van der Waals surface area contributed by atoms with Crippen LogP contribution in [0.15, 0.2) is 29.2 Å². The highest BCUT2D eigenvalue weighted by atomic mass is 32.2. The summed E-state index contributed by atoms with van der Waals surface area (Å²) in [7, 11) is -3.81. The maximum Gasteiger partial charge on any atom is 0.246 e. The quantitative estimate of drug-likeness (QED) is 0.792.